The highest BCUT2D eigenvalue weighted by Gasteiger charge is 2.07. The molecule has 0 radical (unpaired) electrons. The second kappa shape index (κ2) is 15.6. The summed E-state index contributed by atoms with van der Waals surface area (Å²) in [7, 11) is 1.63. The maximum Gasteiger partial charge on any atom is 0.114 e. The van der Waals surface area contributed by atoms with Crippen LogP contribution in [0.15, 0.2) is 89.2 Å². The van der Waals surface area contributed by atoms with E-state index in [1.807, 2.05) is 31.2 Å². The molecule has 0 spiro atoms. The van der Waals surface area contributed by atoms with Crippen LogP contribution in [0.3, 0.4) is 0 Å². The molecular formula is C30H38Cl2O. The Bertz CT molecular complexity index is 982. The van der Waals surface area contributed by atoms with Crippen LogP contribution in [0, 0.1) is 6.92 Å². The molecule has 0 aliphatic heterocycles. The third-order valence-electron chi connectivity index (χ3n) is 5.68. The smallest absolute Gasteiger partial charge is 0.114 e. The molecule has 3 heteroatoms. The number of halogens is 2. The lowest BCUT2D eigenvalue weighted by Gasteiger charge is -2.12. The molecule has 0 atom stereocenters. The molecule has 2 aromatic rings. The molecule has 0 aromatic heterocycles. The summed E-state index contributed by atoms with van der Waals surface area (Å²) in [5, 5.41) is 1.66. The Morgan fingerprint density at radius 1 is 1.00 bits per heavy atom. The second-order valence-electron chi connectivity index (χ2n) is 7.96. The number of hydrogen-bond acceptors (Lipinski definition) is 1. The largest absolute Gasteiger partial charge is 0.497 e. The van der Waals surface area contributed by atoms with Gasteiger partial charge in [-0.25, -0.2) is 0 Å². The zero-order valence-corrected chi connectivity index (χ0v) is 22.5. The molecular weight excluding hydrogens is 447 g/mol. The minimum atomic E-state index is 0.692. The van der Waals surface area contributed by atoms with Crippen molar-refractivity contribution in [2.75, 3.05) is 7.11 Å². The van der Waals surface area contributed by atoms with E-state index in [1.54, 1.807) is 7.11 Å². The van der Waals surface area contributed by atoms with Crippen LogP contribution in [0.4, 0.5) is 0 Å². The number of rotatable bonds is 5. The SMILES string of the molecule is C=C(OC)/C(C)=C(\C)c1cc(Cl)ccc1C.CCC1=CC(Cl)=CCC1.CCc1ccccc1. The molecule has 178 valence electrons. The van der Waals surface area contributed by atoms with Gasteiger partial charge in [-0.1, -0.05) is 91.7 Å². The first-order valence-electron chi connectivity index (χ1n) is 11.5. The van der Waals surface area contributed by atoms with Crippen LogP contribution < -0.4 is 0 Å². The fourth-order valence-corrected chi connectivity index (χ4v) is 3.71. The third kappa shape index (κ3) is 10.5. The van der Waals surface area contributed by atoms with Crippen LogP contribution in [0.2, 0.25) is 5.02 Å². The fourth-order valence-electron chi connectivity index (χ4n) is 3.28. The van der Waals surface area contributed by atoms with Crippen molar-refractivity contribution >= 4 is 28.8 Å². The quantitative estimate of drug-likeness (QED) is 0.302. The van der Waals surface area contributed by atoms with E-state index in [9.17, 15) is 0 Å². The Balaban J connectivity index is 0.000000270. The maximum atomic E-state index is 6.00. The van der Waals surface area contributed by atoms with Gasteiger partial charge in [-0.15, -0.1) is 0 Å². The summed E-state index contributed by atoms with van der Waals surface area (Å²) in [5.41, 5.74) is 7.42. The van der Waals surface area contributed by atoms with Gasteiger partial charge in [-0.2, -0.15) is 0 Å². The van der Waals surface area contributed by atoms with Crippen molar-refractivity contribution < 1.29 is 4.74 Å². The Labute approximate surface area is 211 Å². The lowest BCUT2D eigenvalue weighted by atomic mass is 9.97. The summed E-state index contributed by atoms with van der Waals surface area (Å²) in [6, 6.07) is 16.3. The van der Waals surface area contributed by atoms with Crippen molar-refractivity contribution in [1.82, 2.24) is 0 Å². The summed E-state index contributed by atoms with van der Waals surface area (Å²) < 4.78 is 5.14. The Hall–Kier alpha value is -2.22. The highest BCUT2D eigenvalue weighted by atomic mass is 35.5. The van der Waals surface area contributed by atoms with Gasteiger partial charge in [0.25, 0.3) is 0 Å². The molecule has 1 aliphatic rings. The average molecular weight is 486 g/mol. The van der Waals surface area contributed by atoms with E-state index in [2.05, 4.69) is 70.7 Å². The van der Waals surface area contributed by atoms with E-state index in [4.69, 9.17) is 27.9 Å². The van der Waals surface area contributed by atoms with Gasteiger partial charge in [0.1, 0.15) is 5.76 Å². The Morgan fingerprint density at radius 3 is 2.15 bits per heavy atom. The van der Waals surface area contributed by atoms with Gasteiger partial charge in [0.05, 0.1) is 7.11 Å². The van der Waals surface area contributed by atoms with Gasteiger partial charge in [0.2, 0.25) is 0 Å². The molecule has 0 amide bonds. The highest BCUT2D eigenvalue weighted by molar-refractivity contribution is 6.31. The highest BCUT2D eigenvalue weighted by Crippen LogP contribution is 2.27. The van der Waals surface area contributed by atoms with Crippen LogP contribution in [0.1, 0.15) is 63.6 Å². The molecule has 0 saturated carbocycles. The first kappa shape index (κ1) is 28.8. The summed E-state index contributed by atoms with van der Waals surface area (Å²) in [4.78, 5) is 0. The molecule has 1 nitrogen and oxygen atoms in total. The van der Waals surface area contributed by atoms with Gasteiger partial charge >= 0.3 is 0 Å². The standard InChI is InChI=1S/C14H17ClO.C8H11Cl.C8H10/c1-9-6-7-13(15)8-14(9)11(3)10(2)12(4)16-5;1-2-7-4-3-5-8(9)6-7;1-2-8-6-4-3-5-7-8/h6-8H,4H2,1-3,5H3;5-6H,2-4H2,1H3;3-7H,2H2,1H3/b11-10+;;. The van der Waals surface area contributed by atoms with E-state index in [0.29, 0.717) is 5.76 Å². The van der Waals surface area contributed by atoms with Crippen molar-refractivity contribution in [2.24, 2.45) is 0 Å². The van der Waals surface area contributed by atoms with Gasteiger partial charge in [0, 0.05) is 10.1 Å². The topological polar surface area (TPSA) is 9.23 Å². The number of hydrogen-bond donors (Lipinski definition) is 0. The molecule has 3 rings (SSSR count). The fraction of sp³-hybridized carbons (Fsp3) is 0.333. The number of benzene rings is 2. The third-order valence-corrected chi connectivity index (χ3v) is 6.18. The monoisotopic (exact) mass is 484 g/mol. The lowest BCUT2D eigenvalue weighted by molar-refractivity contribution is 0.303. The number of allylic oxidation sites excluding steroid dienone is 6. The van der Waals surface area contributed by atoms with Crippen molar-refractivity contribution in [2.45, 2.75) is 60.3 Å². The second-order valence-corrected chi connectivity index (χ2v) is 8.83. The predicted octanol–water partition coefficient (Wildman–Crippen LogP) is 10.1. The molecule has 0 saturated heterocycles. The Morgan fingerprint density at radius 2 is 1.67 bits per heavy atom. The molecule has 0 unspecified atom stereocenters. The molecule has 2 aromatic carbocycles. The van der Waals surface area contributed by atoms with E-state index in [-0.39, 0.29) is 0 Å². The molecule has 1 aliphatic carbocycles. The summed E-state index contributed by atoms with van der Waals surface area (Å²) in [5.74, 6) is 0.692. The summed E-state index contributed by atoms with van der Waals surface area (Å²) >= 11 is 11.8. The zero-order chi connectivity index (χ0) is 24.8. The van der Waals surface area contributed by atoms with Crippen LogP contribution in [0.25, 0.3) is 5.57 Å². The minimum absolute atomic E-state index is 0.692. The van der Waals surface area contributed by atoms with E-state index >= 15 is 0 Å². The Kier molecular flexibility index (Phi) is 13.6. The van der Waals surface area contributed by atoms with Gasteiger partial charge < -0.3 is 4.74 Å². The normalized spacial score (nSPS) is 13.2. The van der Waals surface area contributed by atoms with Gasteiger partial charge in [0.15, 0.2) is 0 Å². The average Bonchev–Trinajstić information content (AvgIpc) is 2.85. The summed E-state index contributed by atoms with van der Waals surface area (Å²) in [6.45, 7) is 14.3. The first-order chi connectivity index (χ1) is 15.7. The summed E-state index contributed by atoms with van der Waals surface area (Å²) in [6.07, 6.45) is 8.75. The molecule has 0 N–H and O–H groups in total. The number of methoxy groups -OCH3 is 1. The van der Waals surface area contributed by atoms with Crippen molar-refractivity contribution in [3.8, 4) is 0 Å². The molecule has 0 heterocycles. The van der Waals surface area contributed by atoms with Gasteiger partial charge in [-0.05, 0) is 92.5 Å². The first-order valence-corrected chi connectivity index (χ1v) is 12.2. The zero-order valence-electron chi connectivity index (χ0n) is 21.0. The minimum Gasteiger partial charge on any atom is -0.497 e. The lowest BCUT2D eigenvalue weighted by Crippen LogP contribution is -1.93. The van der Waals surface area contributed by atoms with Crippen molar-refractivity contribution in [3.63, 3.8) is 0 Å². The van der Waals surface area contributed by atoms with Crippen molar-refractivity contribution in [1.29, 1.82) is 0 Å². The van der Waals surface area contributed by atoms with Crippen LogP contribution >= 0.6 is 23.2 Å². The molecule has 33 heavy (non-hydrogen) atoms. The molecule has 0 bridgehead atoms. The molecule has 0 fully saturated rings. The van der Waals surface area contributed by atoms with E-state index < -0.39 is 0 Å². The predicted molar refractivity (Wildman–Crippen MR) is 148 cm³/mol. The van der Waals surface area contributed by atoms with Crippen LogP contribution in [-0.4, -0.2) is 7.11 Å². The van der Waals surface area contributed by atoms with Crippen molar-refractivity contribution in [3.05, 3.63) is 111 Å². The van der Waals surface area contributed by atoms with E-state index in [0.717, 1.165) is 46.0 Å². The van der Waals surface area contributed by atoms with Gasteiger partial charge in [-0.3, -0.25) is 0 Å². The number of ether oxygens (including phenoxy) is 1. The number of aryl methyl sites for hydroxylation is 2. The van der Waals surface area contributed by atoms with Crippen LogP contribution in [-0.2, 0) is 11.2 Å². The maximum absolute atomic E-state index is 6.00. The van der Waals surface area contributed by atoms with Crippen LogP contribution in [0.5, 0.6) is 0 Å². The van der Waals surface area contributed by atoms with E-state index in [1.165, 1.54) is 23.1 Å².